The highest BCUT2D eigenvalue weighted by Crippen LogP contribution is 2.32. The number of carbonyl (C=O) groups is 1. The van der Waals surface area contributed by atoms with Gasteiger partial charge in [-0.25, -0.2) is 4.79 Å². The molecular formula is C20H23NO3. The van der Waals surface area contributed by atoms with Gasteiger partial charge in [-0.15, -0.1) is 0 Å². The first-order valence-electron chi connectivity index (χ1n) is 8.91. The third-order valence-electron chi connectivity index (χ3n) is 5.13. The zero-order valence-corrected chi connectivity index (χ0v) is 14.1. The smallest absolute Gasteiger partial charge is 0.339 e. The van der Waals surface area contributed by atoms with Gasteiger partial charge in [-0.05, 0) is 49.7 Å². The van der Waals surface area contributed by atoms with Gasteiger partial charge in [0.1, 0.15) is 6.61 Å². The Hall–Kier alpha value is -1.94. The highest BCUT2D eigenvalue weighted by molar-refractivity contribution is 6.05. The highest BCUT2D eigenvalue weighted by atomic mass is 16.6. The number of para-hydroxylation sites is 1. The standard InChI is InChI=1S/C20H23NO3/c1-13-8-9-18-16(11-13)19(15-6-2-3-7-17(15)21-18)20(22)24-12-14-5-4-10-23-14/h2-3,6-7,13-14H,4-5,8-12H2,1H3/t13-,14-/m1/s1. The summed E-state index contributed by atoms with van der Waals surface area (Å²) >= 11 is 0. The zero-order chi connectivity index (χ0) is 16.5. The Morgan fingerprint density at radius 1 is 1.33 bits per heavy atom. The van der Waals surface area contributed by atoms with Crippen molar-refractivity contribution in [3.05, 3.63) is 41.1 Å². The maximum atomic E-state index is 12.9. The molecule has 1 aliphatic heterocycles. The molecule has 0 spiro atoms. The molecule has 0 bridgehead atoms. The maximum Gasteiger partial charge on any atom is 0.339 e. The predicted molar refractivity (Wildman–Crippen MR) is 92.2 cm³/mol. The van der Waals surface area contributed by atoms with Gasteiger partial charge < -0.3 is 9.47 Å². The zero-order valence-electron chi connectivity index (χ0n) is 14.1. The summed E-state index contributed by atoms with van der Waals surface area (Å²) in [5, 5.41) is 0.905. The number of esters is 1. The molecule has 2 heterocycles. The summed E-state index contributed by atoms with van der Waals surface area (Å²) in [5.74, 6) is 0.347. The second kappa shape index (κ2) is 6.52. The number of hydrogen-bond donors (Lipinski definition) is 0. The van der Waals surface area contributed by atoms with E-state index in [0.29, 0.717) is 12.5 Å². The number of fused-ring (bicyclic) bond motifs is 2. The van der Waals surface area contributed by atoms with Crippen LogP contribution in [0, 0.1) is 5.92 Å². The van der Waals surface area contributed by atoms with E-state index in [1.165, 1.54) is 0 Å². The maximum absolute atomic E-state index is 12.9. The van der Waals surface area contributed by atoms with Gasteiger partial charge >= 0.3 is 5.97 Å². The van der Waals surface area contributed by atoms with Gasteiger partial charge in [-0.3, -0.25) is 4.98 Å². The summed E-state index contributed by atoms with van der Waals surface area (Å²) in [4.78, 5) is 17.7. The number of aryl methyl sites for hydroxylation is 1. The number of benzene rings is 1. The van der Waals surface area contributed by atoms with E-state index in [1.807, 2.05) is 24.3 Å². The molecule has 4 heteroatoms. The Bertz CT molecular complexity index is 765. The Kier molecular flexibility index (Phi) is 4.23. The molecule has 4 nitrogen and oxygen atoms in total. The lowest BCUT2D eigenvalue weighted by Crippen LogP contribution is -2.22. The Morgan fingerprint density at radius 2 is 2.21 bits per heavy atom. The lowest BCUT2D eigenvalue weighted by atomic mass is 9.84. The second-order valence-corrected chi connectivity index (χ2v) is 7.01. The minimum atomic E-state index is -0.227. The van der Waals surface area contributed by atoms with Crippen LogP contribution >= 0.6 is 0 Å². The first kappa shape index (κ1) is 15.6. The molecule has 1 aliphatic carbocycles. The van der Waals surface area contributed by atoms with Crippen molar-refractivity contribution in [2.45, 2.75) is 45.1 Å². The summed E-state index contributed by atoms with van der Waals surface area (Å²) < 4.78 is 11.2. The molecule has 2 atom stereocenters. The van der Waals surface area contributed by atoms with Crippen molar-refractivity contribution in [1.82, 2.24) is 4.98 Å². The SMILES string of the molecule is C[C@@H]1CCc2nc3ccccc3c(C(=O)OC[C@H]3CCCO3)c2C1. The van der Waals surface area contributed by atoms with Crippen molar-refractivity contribution in [2.24, 2.45) is 5.92 Å². The summed E-state index contributed by atoms with van der Waals surface area (Å²) in [7, 11) is 0. The fourth-order valence-electron chi connectivity index (χ4n) is 3.81. The van der Waals surface area contributed by atoms with Gasteiger partial charge in [0.05, 0.1) is 17.2 Å². The van der Waals surface area contributed by atoms with Crippen LogP contribution in [0.2, 0.25) is 0 Å². The summed E-state index contributed by atoms with van der Waals surface area (Å²) in [6.45, 7) is 3.35. The molecule has 0 amide bonds. The molecule has 24 heavy (non-hydrogen) atoms. The third kappa shape index (κ3) is 2.91. The first-order valence-corrected chi connectivity index (χ1v) is 8.91. The van der Waals surface area contributed by atoms with E-state index in [-0.39, 0.29) is 12.1 Å². The van der Waals surface area contributed by atoms with E-state index in [2.05, 4.69) is 6.92 Å². The number of nitrogens with zero attached hydrogens (tertiary/aromatic N) is 1. The average Bonchev–Trinajstić information content (AvgIpc) is 3.11. The minimum absolute atomic E-state index is 0.0526. The Labute approximate surface area is 142 Å². The van der Waals surface area contributed by atoms with E-state index in [4.69, 9.17) is 14.5 Å². The number of hydrogen-bond acceptors (Lipinski definition) is 4. The van der Waals surface area contributed by atoms with Gasteiger partial charge in [-0.1, -0.05) is 25.1 Å². The molecule has 0 N–H and O–H groups in total. The van der Waals surface area contributed by atoms with Crippen LogP contribution in [0.15, 0.2) is 24.3 Å². The van der Waals surface area contributed by atoms with Crippen molar-refractivity contribution in [1.29, 1.82) is 0 Å². The van der Waals surface area contributed by atoms with Crippen LogP contribution in [0.1, 0.15) is 47.8 Å². The van der Waals surface area contributed by atoms with E-state index in [1.54, 1.807) is 0 Å². The van der Waals surface area contributed by atoms with Crippen LogP contribution in [-0.4, -0.2) is 30.3 Å². The van der Waals surface area contributed by atoms with Crippen molar-refractivity contribution in [3.8, 4) is 0 Å². The van der Waals surface area contributed by atoms with Crippen molar-refractivity contribution < 1.29 is 14.3 Å². The summed E-state index contributed by atoms with van der Waals surface area (Å²) in [6, 6.07) is 7.88. The van der Waals surface area contributed by atoms with Crippen LogP contribution in [0.25, 0.3) is 10.9 Å². The lowest BCUT2D eigenvalue weighted by molar-refractivity contribution is 0.0161. The van der Waals surface area contributed by atoms with Crippen LogP contribution in [0.4, 0.5) is 0 Å². The molecule has 0 unspecified atom stereocenters. The largest absolute Gasteiger partial charge is 0.459 e. The lowest BCUT2D eigenvalue weighted by Gasteiger charge is -2.24. The second-order valence-electron chi connectivity index (χ2n) is 7.01. The topological polar surface area (TPSA) is 48.4 Å². The summed E-state index contributed by atoms with van der Waals surface area (Å²) in [5.41, 5.74) is 3.76. The number of rotatable bonds is 3. The minimum Gasteiger partial charge on any atom is -0.459 e. The molecule has 1 fully saturated rings. The quantitative estimate of drug-likeness (QED) is 0.808. The number of carbonyl (C=O) groups excluding carboxylic acids is 1. The molecule has 2 aromatic rings. The normalized spacial score (nSPS) is 23.2. The van der Waals surface area contributed by atoms with E-state index < -0.39 is 0 Å². The van der Waals surface area contributed by atoms with Crippen LogP contribution in [-0.2, 0) is 22.3 Å². The highest BCUT2D eigenvalue weighted by Gasteiger charge is 2.27. The van der Waals surface area contributed by atoms with Crippen LogP contribution in [0.5, 0.6) is 0 Å². The van der Waals surface area contributed by atoms with Gasteiger partial charge in [-0.2, -0.15) is 0 Å². The third-order valence-corrected chi connectivity index (χ3v) is 5.13. The molecule has 126 valence electrons. The van der Waals surface area contributed by atoms with E-state index in [0.717, 1.165) is 66.4 Å². The predicted octanol–water partition coefficient (Wildman–Crippen LogP) is 3.70. The van der Waals surface area contributed by atoms with Crippen molar-refractivity contribution in [2.75, 3.05) is 13.2 Å². The molecular weight excluding hydrogens is 302 g/mol. The molecule has 2 aliphatic rings. The number of ether oxygens (including phenoxy) is 2. The Balaban J connectivity index is 1.71. The van der Waals surface area contributed by atoms with E-state index in [9.17, 15) is 4.79 Å². The van der Waals surface area contributed by atoms with Crippen molar-refractivity contribution in [3.63, 3.8) is 0 Å². The number of aromatic nitrogens is 1. The van der Waals surface area contributed by atoms with Crippen LogP contribution in [0.3, 0.4) is 0 Å². The number of pyridine rings is 1. The van der Waals surface area contributed by atoms with Crippen molar-refractivity contribution >= 4 is 16.9 Å². The monoisotopic (exact) mass is 325 g/mol. The molecule has 1 saturated heterocycles. The molecule has 0 radical (unpaired) electrons. The molecule has 1 aromatic carbocycles. The van der Waals surface area contributed by atoms with Crippen LogP contribution < -0.4 is 0 Å². The van der Waals surface area contributed by atoms with Gasteiger partial charge in [0.25, 0.3) is 0 Å². The summed E-state index contributed by atoms with van der Waals surface area (Å²) in [6.07, 6.45) is 5.04. The van der Waals surface area contributed by atoms with E-state index >= 15 is 0 Å². The molecule has 4 rings (SSSR count). The Morgan fingerprint density at radius 3 is 3.04 bits per heavy atom. The van der Waals surface area contributed by atoms with Gasteiger partial charge in [0.15, 0.2) is 0 Å². The fraction of sp³-hybridized carbons (Fsp3) is 0.500. The molecule has 1 aromatic heterocycles. The fourth-order valence-corrected chi connectivity index (χ4v) is 3.81. The van der Waals surface area contributed by atoms with Gasteiger partial charge in [0.2, 0.25) is 0 Å². The molecule has 0 saturated carbocycles. The first-order chi connectivity index (χ1) is 11.7. The average molecular weight is 325 g/mol. The van der Waals surface area contributed by atoms with Gasteiger partial charge in [0, 0.05) is 17.7 Å².